The molecule has 0 saturated carbocycles. The van der Waals surface area contributed by atoms with Gasteiger partial charge in [0.25, 0.3) is 0 Å². The van der Waals surface area contributed by atoms with Gasteiger partial charge in [0, 0.05) is 6.04 Å². The molecule has 5 heteroatoms. The van der Waals surface area contributed by atoms with Gasteiger partial charge >= 0.3 is 6.18 Å². The molecule has 1 aromatic rings. The predicted molar refractivity (Wildman–Crippen MR) is 48.8 cm³/mol. The van der Waals surface area contributed by atoms with Crippen LogP contribution in [0.4, 0.5) is 17.6 Å². The summed E-state index contributed by atoms with van der Waals surface area (Å²) in [5, 5.41) is 0. The molecule has 1 unspecified atom stereocenters. The van der Waals surface area contributed by atoms with Crippen LogP contribution >= 0.6 is 0 Å². The van der Waals surface area contributed by atoms with Crippen LogP contribution in [0, 0.1) is 5.82 Å². The maximum atomic E-state index is 13.4. The molecule has 1 atom stereocenters. The van der Waals surface area contributed by atoms with Gasteiger partial charge in [0.1, 0.15) is 5.82 Å². The quantitative estimate of drug-likeness (QED) is 0.763. The zero-order valence-corrected chi connectivity index (χ0v) is 8.11. The summed E-state index contributed by atoms with van der Waals surface area (Å²) < 4.78 is 50.2. The van der Waals surface area contributed by atoms with Gasteiger partial charge in [0.15, 0.2) is 0 Å². The zero-order chi connectivity index (χ0) is 11.6. The van der Waals surface area contributed by atoms with Crippen molar-refractivity contribution in [1.82, 2.24) is 0 Å². The molecule has 0 heterocycles. The third-order valence-corrected chi connectivity index (χ3v) is 1.93. The number of hydrogen-bond donors (Lipinski definition) is 1. The van der Waals surface area contributed by atoms with Gasteiger partial charge in [0.2, 0.25) is 0 Å². The van der Waals surface area contributed by atoms with Crippen molar-refractivity contribution in [1.29, 1.82) is 0 Å². The highest BCUT2D eigenvalue weighted by atomic mass is 19.4. The lowest BCUT2D eigenvalue weighted by Gasteiger charge is -2.12. The molecule has 0 fully saturated rings. The normalized spacial score (nSPS) is 14.0. The number of benzene rings is 1. The van der Waals surface area contributed by atoms with Crippen LogP contribution in [-0.4, -0.2) is 6.04 Å². The van der Waals surface area contributed by atoms with Gasteiger partial charge < -0.3 is 5.73 Å². The fraction of sp³-hybridized carbons (Fsp3) is 0.400. The van der Waals surface area contributed by atoms with Crippen LogP contribution in [0.2, 0.25) is 0 Å². The fourth-order valence-corrected chi connectivity index (χ4v) is 1.30. The molecule has 15 heavy (non-hydrogen) atoms. The molecule has 1 rings (SSSR count). The van der Waals surface area contributed by atoms with Gasteiger partial charge in [-0.05, 0) is 25.0 Å². The van der Waals surface area contributed by atoms with E-state index >= 15 is 0 Å². The predicted octanol–water partition coefficient (Wildman–Crippen LogP) is 2.73. The van der Waals surface area contributed by atoms with Gasteiger partial charge in [-0.3, -0.25) is 0 Å². The topological polar surface area (TPSA) is 26.0 Å². The van der Waals surface area contributed by atoms with Crippen molar-refractivity contribution in [3.63, 3.8) is 0 Å². The molecular formula is C10H11F4N. The highest BCUT2D eigenvalue weighted by Crippen LogP contribution is 2.32. The minimum Gasteiger partial charge on any atom is -0.328 e. The molecule has 0 radical (unpaired) electrons. The van der Waals surface area contributed by atoms with Crippen molar-refractivity contribution >= 4 is 0 Å². The summed E-state index contributed by atoms with van der Waals surface area (Å²) >= 11 is 0. The molecule has 2 N–H and O–H groups in total. The third kappa shape index (κ3) is 2.92. The lowest BCUT2D eigenvalue weighted by Crippen LogP contribution is -2.19. The average molecular weight is 221 g/mol. The van der Waals surface area contributed by atoms with Gasteiger partial charge in [-0.25, -0.2) is 4.39 Å². The first-order valence-electron chi connectivity index (χ1n) is 4.42. The SMILES string of the molecule is CC(N)Cc1cccc(C(F)(F)F)c1F. The van der Waals surface area contributed by atoms with Gasteiger partial charge in [0.05, 0.1) is 5.56 Å². The van der Waals surface area contributed by atoms with Crippen LogP contribution in [-0.2, 0) is 12.6 Å². The van der Waals surface area contributed by atoms with E-state index in [-0.39, 0.29) is 18.0 Å². The smallest absolute Gasteiger partial charge is 0.328 e. The number of alkyl halides is 3. The molecule has 0 amide bonds. The summed E-state index contributed by atoms with van der Waals surface area (Å²) in [5.74, 6) is -1.22. The Morgan fingerprint density at radius 3 is 2.40 bits per heavy atom. The van der Waals surface area contributed by atoms with Gasteiger partial charge in [-0.15, -0.1) is 0 Å². The molecule has 1 nitrogen and oxygen atoms in total. The Bertz CT molecular complexity index is 344. The molecule has 84 valence electrons. The van der Waals surface area contributed by atoms with Crippen molar-refractivity contribution < 1.29 is 17.6 Å². The lowest BCUT2D eigenvalue weighted by molar-refractivity contribution is -0.140. The van der Waals surface area contributed by atoms with E-state index in [1.165, 1.54) is 12.1 Å². The highest BCUT2D eigenvalue weighted by Gasteiger charge is 2.34. The summed E-state index contributed by atoms with van der Waals surface area (Å²) in [7, 11) is 0. The molecule has 1 aromatic carbocycles. The number of hydrogen-bond acceptors (Lipinski definition) is 1. The summed E-state index contributed by atoms with van der Waals surface area (Å²) in [4.78, 5) is 0. The molecule has 0 aliphatic heterocycles. The van der Waals surface area contributed by atoms with Gasteiger partial charge in [-0.2, -0.15) is 13.2 Å². The molecule has 0 spiro atoms. The van der Waals surface area contributed by atoms with Gasteiger partial charge in [-0.1, -0.05) is 12.1 Å². The second-order valence-electron chi connectivity index (χ2n) is 3.46. The van der Waals surface area contributed by atoms with Crippen molar-refractivity contribution in [2.24, 2.45) is 5.73 Å². The Labute approximate surface area is 84.9 Å². The molecule has 0 saturated heterocycles. The van der Waals surface area contributed by atoms with E-state index in [4.69, 9.17) is 5.73 Å². The van der Waals surface area contributed by atoms with Crippen molar-refractivity contribution in [3.05, 3.63) is 35.1 Å². The highest BCUT2D eigenvalue weighted by molar-refractivity contribution is 5.28. The van der Waals surface area contributed by atoms with Crippen LogP contribution < -0.4 is 5.73 Å². The van der Waals surface area contributed by atoms with E-state index < -0.39 is 17.6 Å². The number of rotatable bonds is 2. The Kier molecular flexibility index (Phi) is 3.34. The molecule has 0 aliphatic rings. The molecule has 0 bridgehead atoms. The molecular weight excluding hydrogens is 210 g/mol. The Morgan fingerprint density at radius 2 is 1.93 bits per heavy atom. The molecule has 0 aromatic heterocycles. The Hall–Kier alpha value is -1.10. The van der Waals surface area contributed by atoms with E-state index in [0.717, 1.165) is 6.07 Å². The number of nitrogens with two attached hydrogens (primary N) is 1. The second kappa shape index (κ2) is 4.18. The standard InChI is InChI=1S/C10H11F4N/c1-6(15)5-7-3-2-4-8(9(7)11)10(12,13)14/h2-4,6H,5,15H2,1H3. The minimum absolute atomic E-state index is 0.000162. The number of halogens is 4. The zero-order valence-electron chi connectivity index (χ0n) is 8.11. The van der Waals surface area contributed by atoms with E-state index in [1.807, 2.05) is 0 Å². The van der Waals surface area contributed by atoms with E-state index in [9.17, 15) is 17.6 Å². The Morgan fingerprint density at radius 1 is 1.33 bits per heavy atom. The van der Waals surface area contributed by atoms with E-state index in [0.29, 0.717) is 0 Å². The largest absolute Gasteiger partial charge is 0.419 e. The van der Waals surface area contributed by atoms with Crippen LogP contribution in [0.5, 0.6) is 0 Å². The second-order valence-corrected chi connectivity index (χ2v) is 3.46. The fourth-order valence-electron chi connectivity index (χ4n) is 1.30. The monoisotopic (exact) mass is 221 g/mol. The van der Waals surface area contributed by atoms with E-state index in [1.54, 1.807) is 6.92 Å². The summed E-state index contributed by atoms with van der Waals surface area (Å²) in [6, 6.07) is 2.85. The van der Waals surface area contributed by atoms with Crippen LogP contribution in [0.1, 0.15) is 18.1 Å². The lowest BCUT2D eigenvalue weighted by atomic mass is 10.0. The first kappa shape index (κ1) is 12.0. The summed E-state index contributed by atoms with van der Waals surface area (Å²) in [6.45, 7) is 1.61. The van der Waals surface area contributed by atoms with E-state index in [2.05, 4.69) is 0 Å². The van der Waals surface area contributed by atoms with Crippen LogP contribution in [0.15, 0.2) is 18.2 Å². The summed E-state index contributed by atoms with van der Waals surface area (Å²) in [5.41, 5.74) is 4.17. The Balaban J connectivity index is 3.12. The first-order chi connectivity index (χ1) is 6.82. The minimum atomic E-state index is -4.65. The first-order valence-corrected chi connectivity index (χ1v) is 4.42. The van der Waals surface area contributed by atoms with Crippen molar-refractivity contribution in [2.75, 3.05) is 0 Å². The maximum absolute atomic E-state index is 13.4. The van der Waals surface area contributed by atoms with Crippen molar-refractivity contribution in [3.8, 4) is 0 Å². The average Bonchev–Trinajstić information content (AvgIpc) is 2.05. The molecule has 0 aliphatic carbocycles. The summed E-state index contributed by atoms with van der Waals surface area (Å²) in [6.07, 6.45) is -4.56. The van der Waals surface area contributed by atoms with Crippen molar-refractivity contribution in [2.45, 2.75) is 25.6 Å². The third-order valence-electron chi connectivity index (χ3n) is 1.93. The maximum Gasteiger partial charge on any atom is 0.419 e. The van der Waals surface area contributed by atoms with Crippen LogP contribution in [0.3, 0.4) is 0 Å². The van der Waals surface area contributed by atoms with Crippen LogP contribution in [0.25, 0.3) is 0 Å².